The second-order valence-corrected chi connectivity index (χ2v) is 10.4. The maximum atomic E-state index is 14.0. The average molecular weight is 513 g/mol. The maximum absolute atomic E-state index is 14.0. The van der Waals surface area contributed by atoms with Crippen LogP contribution in [0.2, 0.25) is 0 Å². The van der Waals surface area contributed by atoms with Crippen LogP contribution in [0.15, 0.2) is 47.5 Å². The molecule has 4 heterocycles. The Morgan fingerprint density at radius 2 is 1.89 bits per heavy atom. The van der Waals surface area contributed by atoms with Crippen molar-refractivity contribution in [3.63, 3.8) is 0 Å². The predicted octanol–water partition coefficient (Wildman–Crippen LogP) is 3.79. The molecular formula is C26H27F3N6O2. The molecule has 3 atom stereocenters. The molecule has 0 radical (unpaired) electrons. The van der Waals surface area contributed by atoms with E-state index in [-0.39, 0.29) is 42.3 Å². The molecule has 8 nitrogen and oxygen atoms in total. The van der Waals surface area contributed by atoms with E-state index in [9.17, 15) is 23.1 Å². The normalized spacial score (nSPS) is 25.3. The molecule has 2 bridgehead atoms. The first kappa shape index (κ1) is 23.9. The van der Waals surface area contributed by atoms with E-state index in [0.717, 1.165) is 12.8 Å². The number of phenols is 1. The number of aryl methyl sites for hydroxylation is 1. The summed E-state index contributed by atoms with van der Waals surface area (Å²) in [5.74, 6) is 0.286. The average Bonchev–Trinajstić information content (AvgIpc) is 3.64. The van der Waals surface area contributed by atoms with Crippen molar-refractivity contribution in [3.8, 4) is 28.1 Å². The van der Waals surface area contributed by atoms with Gasteiger partial charge in [0.25, 0.3) is 5.56 Å². The van der Waals surface area contributed by atoms with Gasteiger partial charge in [0.2, 0.25) is 5.95 Å². The predicted molar refractivity (Wildman–Crippen MR) is 131 cm³/mol. The first-order valence-electron chi connectivity index (χ1n) is 12.5. The van der Waals surface area contributed by atoms with Crippen LogP contribution in [-0.4, -0.2) is 54.7 Å². The van der Waals surface area contributed by atoms with Gasteiger partial charge in [0, 0.05) is 43.0 Å². The number of aromatic hydroxyl groups is 1. The molecular weight excluding hydrogens is 485 g/mol. The van der Waals surface area contributed by atoms with Crippen LogP contribution in [0.3, 0.4) is 0 Å². The van der Waals surface area contributed by atoms with Gasteiger partial charge in [-0.1, -0.05) is 6.07 Å². The fourth-order valence-corrected chi connectivity index (χ4v) is 5.80. The first-order chi connectivity index (χ1) is 17.6. The molecule has 6 rings (SSSR count). The SMILES string of the molecule is Cn1ccc(-c2ccc(-c3cnc(N(C4CC4)[C@H]4CC5CC[C@](C(F)(F)F)(C4)N5)nn3)c(O)c2)cc1=O. The fourth-order valence-electron chi connectivity index (χ4n) is 5.80. The van der Waals surface area contributed by atoms with Crippen LogP contribution in [0, 0.1) is 0 Å². The molecule has 1 aliphatic carbocycles. The van der Waals surface area contributed by atoms with E-state index in [2.05, 4.69) is 20.5 Å². The molecule has 37 heavy (non-hydrogen) atoms. The minimum absolute atomic E-state index is 0.0283. The molecule has 1 saturated carbocycles. The third-order valence-electron chi connectivity index (χ3n) is 7.91. The Bertz CT molecular complexity index is 1390. The minimum Gasteiger partial charge on any atom is -0.507 e. The monoisotopic (exact) mass is 512 g/mol. The van der Waals surface area contributed by atoms with Gasteiger partial charge >= 0.3 is 6.18 Å². The number of hydrogen-bond acceptors (Lipinski definition) is 7. The van der Waals surface area contributed by atoms with Crippen molar-refractivity contribution in [3.05, 3.63) is 53.1 Å². The molecule has 11 heteroatoms. The Morgan fingerprint density at radius 1 is 1.11 bits per heavy atom. The summed E-state index contributed by atoms with van der Waals surface area (Å²) in [4.78, 5) is 18.4. The van der Waals surface area contributed by atoms with Gasteiger partial charge in [-0.25, -0.2) is 4.98 Å². The van der Waals surface area contributed by atoms with Crippen LogP contribution in [0.25, 0.3) is 22.4 Å². The van der Waals surface area contributed by atoms with Gasteiger partial charge in [-0.2, -0.15) is 13.2 Å². The topological polar surface area (TPSA) is 96.2 Å². The quantitative estimate of drug-likeness (QED) is 0.537. The van der Waals surface area contributed by atoms with Crippen molar-refractivity contribution in [1.29, 1.82) is 0 Å². The Hall–Kier alpha value is -3.47. The van der Waals surface area contributed by atoms with Gasteiger partial charge in [0.15, 0.2) is 0 Å². The van der Waals surface area contributed by atoms with Crippen LogP contribution >= 0.6 is 0 Å². The number of nitrogens with zero attached hydrogens (tertiary/aromatic N) is 5. The summed E-state index contributed by atoms with van der Waals surface area (Å²) >= 11 is 0. The highest BCUT2D eigenvalue weighted by molar-refractivity contribution is 5.73. The maximum Gasteiger partial charge on any atom is 0.406 e. The molecule has 0 spiro atoms. The molecule has 1 unspecified atom stereocenters. The van der Waals surface area contributed by atoms with Crippen LogP contribution in [0.5, 0.6) is 5.75 Å². The second-order valence-electron chi connectivity index (χ2n) is 10.4. The van der Waals surface area contributed by atoms with Gasteiger partial charge in [0.05, 0.1) is 6.20 Å². The lowest BCUT2D eigenvalue weighted by molar-refractivity contribution is -0.199. The van der Waals surface area contributed by atoms with Crippen molar-refractivity contribution in [2.24, 2.45) is 7.05 Å². The number of alkyl halides is 3. The molecule has 3 aliphatic rings. The molecule has 3 fully saturated rings. The van der Waals surface area contributed by atoms with E-state index in [4.69, 9.17) is 0 Å². The number of pyridine rings is 1. The summed E-state index contributed by atoms with van der Waals surface area (Å²) in [5, 5.41) is 22.1. The number of benzene rings is 1. The smallest absolute Gasteiger partial charge is 0.406 e. The zero-order valence-corrected chi connectivity index (χ0v) is 20.2. The molecule has 2 aromatic heterocycles. The van der Waals surface area contributed by atoms with Crippen LogP contribution < -0.4 is 15.8 Å². The number of phenolic OH excluding ortho intramolecular Hbond substituents is 1. The van der Waals surface area contributed by atoms with Crippen molar-refractivity contribution in [2.75, 3.05) is 4.90 Å². The summed E-state index contributed by atoms with van der Waals surface area (Å²) in [6.07, 6.45) is 1.83. The lowest BCUT2D eigenvalue weighted by Crippen LogP contribution is -2.62. The molecule has 2 saturated heterocycles. The lowest BCUT2D eigenvalue weighted by Gasteiger charge is -2.44. The summed E-state index contributed by atoms with van der Waals surface area (Å²) in [6.45, 7) is 0. The molecule has 194 valence electrons. The van der Waals surface area contributed by atoms with Gasteiger partial charge in [0.1, 0.15) is 17.0 Å². The Morgan fingerprint density at radius 3 is 2.54 bits per heavy atom. The number of hydrogen-bond donors (Lipinski definition) is 2. The third kappa shape index (κ3) is 4.24. The summed E-state index contributed by atoms with van der Waals surface area (Å²) in [5.41, 5.74) is 0.123. The number of piperidine rings is 1. The van der Waals surface area contributed by atoms with Gasteiger partial charge in [-0.3, -0.25) is 4.79 Å². The third-order valence-corrected chi connectivity index (χ3v) is 7.91. The van der Waals surface area contributed by atoms with Crippen molar-refractivity contribution >= 4 is 5.95 Å². The van der Waals surface area contributed by atoms with Crippen LogP contribution in [-0.2, 0) is 7.05 Å². The van der Waals surface area contributed by atoms with E-state index in [1.54, 1.807) is 37.5 Å². The molecule has 2 N–H and O–H groups in total. The lowest BCUT2D eigenvalue weighted by atomic mass is 9.86. The van der Waals surface area contributed by atoms with Crippen molar-refractivity contribution in [2.45, 2.75) is 68.4 Å². The van der Waals surface area contributed by atoms with Crippen LogP contribution in [0.1, 0.15) is 38.5 Å². The number of rotatable bonds is 5. The Labute approximate surface area is 211 Å². The van der Waals surface area contributed by atoms with E-state index >= 15 is 0 Å². The summed E-state index contributed by atoms with van der Waals surface area (Å²) < 4.78 is 43.4. The highest BCUT2D eigenvalue weighted by Crippen LogP contribution is 2.49. The van der Waals surface area contributed by atoms with Crippen molar-refractivity contribution in [1.82, 2.24) is 25.1 Å². The van der Waals surface area contributed by atoms with Gasteiger partial charge in [-0.15, -0.1) is 10.2 Å². The molecule has 0 amide bonds. The minimum atomic E-state index is -4.31. The number of fused-ring (bicyclic) bond motifs is 2. The van der Waals surface area contributed by atoms with E-state index < -0.39 is 11.7 Å². The summed E-state index contributed by atoms with van der Waals surface area (Å²) in [7, 11) is 1.66. The first-order valence-corrected chi connectivity index (χ1v) is 12.5. The number of aromatic nitrogens is 4. The van der Waals surface area contributed by atoms with E-state index in [1.165, 1.54) is 16.8 Å². The molecule has 3 aromatic rings. The summed E-state index contributed by atoms with van der Waals surface area (Å²) in [6, 6.07) is 7.92. The fraction of sp³-hybridized carbons (Fsp3) is 0.462. The van der Waals surface area contributed by atoms with Crippen molar-refractivity contribution < 1.29 is 18.3 Å². The number of anilines is 1. The number of nitrogens with one attached hydrogen (secondary N) is 1. The van der Waals surface area contributed by atoms with Gasteiger partial charge < -0.3 is 19.9 Å². The highest BCUT2D eigenvalue weighted by Gasteiger charge is 2.62. The van der Waals surface area contributed by atoms with Gasteiger partial charge in [-0.05, 0) is 67.9 Å². The molecule has 2 aliphatic heterocycles. The largest absolute Gasteiger partial charge is 0.507 e. The zero-order chi connectivity index (χ0) is 25.9. The molecule has 1 aromatic carbocycles. The second kappa shape index (κ2) is 8.54. The van der Waals surface area contributed by atoms with E-state index in [0.29, 0.717) is 41.2 Å². The zero-order valence-electron chi connectivity index (χ0n) is 20.2. The Kier molecular flexibility index (Phi) is 5.52. The van der Waals surface area contributed by atoms with Crippen LogP contribution in [0.4, 0.5) is 19.1 Å². The number of halogens is 3. The Balaban J connectivity index is 1.26. The van der Waals surface area contributed by atoms with E-state index in [1.807, 2.05) is 4.90 Å². The highest BCUT2D eigenvalue weighted by atomic mass is 19.4. The standard InChI is InChI=1S/C26H27F3N6O2/c1-34-9-7-16(11-23(34)37)15-2-5-20(22(36)10-15)21-14-30-24(33-32-21)35(18-3-4-18)19-12-17-6-8-25(13-19,31-17)26(27,28)29/h2,5,7,9-11,14,17-19,31,36H,3-4,6,8,12-13H2,1H3/t17?,19-,25+/m0/s1.